The average molecular weight is 383 g/mol. The van der Waals surface area contributed by atoms with Crippen LogP contribution in [0.4, 0.5) is 10.5 Å². The minimum absolute atomic E-state index is 0. The van der Waals surface area contributed by atoms with Gasteiger partial charge in [0.1, 0.15) is 0 Å². The second-order valence-electron chi connectivity index (χ2n) is 6.85. The zero-order valence-corrected chi connectivity index (χ0v) is 15.9. The number of nitrogens with two attached hydrogens (primary N) is 1. The van der Waals surface area contributed by atoms with Crippen LogP contribution < -0.4 is 11.1 Å². The molecule has 144 valence electrons. The third-order valence-corrected chi connectivity index (χ3v) is 4.93. The number of piperazine rings is 1. The van der Waals surface area contributed by atoms with E-state index in [-0.39, 0.29) is 24.3 Å². The first kappa shape index (κ1) is 20.5. The van der Waals surface area contributed by atoms with E-state index in [2.05, 4.69) is 5.32 Å². The van der Waals surface area contributed by atoms with Crippen LogP contribution in [0, 0.1) is 6.92 Å². The maximum atomic E-state index is 12.7. The molecule has 2 aliphatic heterocycles. The van der Waals surface area contributed by atoms with Gasteiger partial charge in [0.2, 0.25) is 5.91 Å². The number of carbonyl (C=O) groups is 2. The lowest BCUT2D eigenvalue weighted by Gasteiger charge is -2.40. The monoisotopic (exact) mass is 382 g/mol. The van der Waals surface area contributed by atoms with Crippen LogP contribution in [0.2, 0.25) is 0 Å². The van der Waals surface area contributed by atoms with Crippen LogP contribution in [0.3, 0.4) is 0 Å². The van der Waals surface area contributed by atoms with Crippen LogP contribution in [-0.4, -0.2) is 66.7 Å². The third-order valence-electron chi connectivity index (χ3n) is 4.93. The van der Waals surface area contributed by atoms with Crippen molar-refractivity contribution in [3.63, 3.8) is 0 Å². The fraction of sp³-hybridized carbons (Fsp3) is 0.556. The zero-order valence-electron chi connectivity index (χ0n) is 15.1. The Hall–Kier alpha value is -1.83. The maximum absolute atomic E-state index is 12.7. The normalized spacial score (nSPS) is 19.5. The fourth-order valence-corrected chi connectivity index (χ4v) is 3.30. The highest BCUT2D eigenvalue weighted by Gasteiger charge is 2.40. The van der Waals surface area contributed by atoms with Gasteiger partial charge in [-0.1, -0.05) is 12.1 Å². The minimum Gasteiger partial charge on any atom is -0.381 e. The molecule has 8 heteroatoms. The predicted octanol–water partition coefficient (Wildman–Crippen LogP) is 1.60. The van der Waals surface area contributed by atoms with Crippen LogP contribution >= 0.6 is 12.4 Å². The number of carbonyl (C=O) groups excluding carboxylic acids is 2. The van der Waals surface area contributed by atoms with E-state index in [1.807, 2.05) is 31.2 Å². The summed E-state index contributed by atoms with van der Waals surface area (Å²) in [6.07, 6.45) is 1.11. The maximum Gasteiger partial charge on any atom is 0.321 e. The van der Waals surface area contributed by atoms with Crippen LogP contribution in [-0.2, 0) is 9.53 Å². The minimum atomic E-state index is -0.815. The number of amides is 3. The van der Waals surface area contributed by atoms with Crippen molar-refractivity contribution in [1.82, 2.24) is 9.80 Å². The zero-order chi connectivity index (χ0) is 17.9. The SMILES string of the molecule is Cc1cccc(NC(=O)N2CCN(C(=O)C3(N)CCOCC3)CC2)c1.Cl. The highest BCUT2D eigenvalue weighted by molar-refractivity contribution is 5.90. The van der Waals surface area contributed by atoms with Gasteiger partial charge in [0.25, 0.3) is 0 Å². The van der Waals surface area contributed by atoms with E-state index in [4.69, 9.17) is 10.5 Å². The van der Waals surface area contributed by atoms with Crippen molar-refractivity contribution in [3.8, 4) is 0 Å². The lowest BCUT2D eigenvalue weighted by Crippen LogP contribution is -2.61. The molecule has 2 aliphatic rings. The van der Waals surface area contributed by atoms with Gasteiger partial charge < -0.3 is 25.6 Å². The van der Waals surface area contributed by atoms with Crippen molar-refractivity contribution in [2.24, 2.45) is 5.73 Å². The van der Waals surface area contributed by atoms with Crippen LogP contribution in [0.15, 0.2) is 24.3 Å². The Kier molecular flexibility index (Phi) is 6.86. The number of aryl methyl sites for hydroxylation is 1. The summed E-state index contributed by atoms with van der Waals surface area (Å²) in [6.45, 7) is 5.09. The number of rotatable bonds is 2. The number of nitrogens with one attached hydrogen (secondary N) is 1. The molecule has 1 aromatic carbocycles. The molecule has 0 unspecified atom stereocenters. The molecule has 2 heterocycles. The first-order valence-electron chi connectivity index (χ1n) is 8.76. The molecule has 7 nitrogen and oxygen atoms in total. The lowest BCUT2D eigenvalue weighted by molar-refractivity contribution is -0.142. The summed E-state index contributed by atoms with van der Waals surface area (Å²) in [4.78, 5) is 28.6. The van der Waals surface area contributed by atoms with Crippen molar-refractivity contribution in [3.05, 3.63) is 29.8 Å². The number of benzene rings is 1. The molecule has 0 saturated carbocycles. The van der Waals surface area contributed by atoms with E-state index in [1.165, 1.54) is 0 Å². The number of halogens is 1. The van der Waals surface area contributed by atoms with Gasteiger partial charge in [0.15, 0.2) is 0 Å². The summed E-state index contributed by atoms with van der Waals surface area (Å²) in [6, 6.07) is 7.57. The molecular formula is C18H27ClN4O3. The summed E-state index contributed by atoms with van der Waals surface area (Å²) in [5.41, 5.74) is 7.34. The van der Waals surface area contributed by atoms with Gasteiger partial charge in [-0.3, -0.25) is 4.79 Å². The molecular weight excluding hydrogens is 356 g/mol. The van der Waals surface area contributed by atoms with Crippen LogP contribution in [0.1, 0.15) is 18.4 Å². The predicted molar refractivity (Wildman–Crippen MR) is 103 cm³/mol. The molecule has 2 fully saturated rings. The van der Waals surface area contributed by atoms with Gasteiger partial charge in [-0.2, -0.15) is 0 Å². The molecule has 0 spiro atoms. The van der Waals surface area contributed by atoms with E-state index in [0.29, 0.717) is 52.2 Å². The van der Waals surface area contributed by atoms with Crippen molar-refractivity contribution < 1.29 is 14.3 Å². The summed E-state index contributed by atoms with van der Waals surface area (Å²) in [5, 5.41) is 2.91. The Morgan fingerprint density at radius 2 is 1.73 bits per heavy atom. The summed E-state index contributed by atoms with van der Waals surface area (Å²) in [5.74, 6) is -0.0189. The number of urea groups is 1. The molecule has 26 heavy (non-hydrogen) atoms. The van der Waals surface area contributed by atoms with Gasteiger partial charge in [-0.15, -0.1) is 12.4 Å². The smallest absolute Gasteiger partial charge is 0.321 e. The Morgan fingerprint density at radius 1 is 1.12 bits per heavy atom. The Bertz CT molecular complexity index is 641. The summed E-state index contributed by atoms with van der Waals surface area (Å²) in [7, 11) is 0. The second-order valence-corrected chi connectivity index (χ2v) is 6.85. The molecule has 0 aliphatic carbocycles. The van der Waals surface area contributed by atoms with Gasteiger partial charge in [0.05, 0.1) is 5.54 Å². The average Bonchev–Trinajstić information content (AvgIpc) is 2.62. The Morgan fingerprint density at radius 3 is 2.35 bits per heavy atom. The van der Waals surface area contributed by atoms with E-state index in [0.717, 1.165) is 11.3 Å². The quantitative estimate of drug-likeness (QED) is 0.813. The molecule has 0 aromatic heterocycles. The number of hydrogen-bond acceptors (Lipinski definition) is 4. The molecule has 0 atom stereocenters. The largest absolute Gasteiger partial charge is 0.381 e. The third kappa shape index (κ3) is 4.66. The van der Waals surface area contributed by atoms with Gasteiger partial charge >= 0.3 is 6.03 Å². The number of nitrogens with zero attached hydrogens (tertiary/aromatic N) is 2. The van der Waals surface area contributed by atoms with Crippen molar-refractivity contribution >= 4 is 30.0 Å². The fourth-order valence-electron chi connectivity index (χ4n) is 3.30. The highest BCUT2D eigenvalue weighted by atomic mass is 35.5. The van der Waals surface area contributed by atoms with E-state index in [9.17, 15) is 9.59 Å². The molecule has 0 bridgehead atoms. The first-order chi connectivity index (χ1) is 12.0. The van der Waals surface area contributed by atoms with Gasteiger partial charge in [-0.25, -0.2) is 4.79 Å². The van der Waals surface area contributed by atoms with E-state index in [1.54, 1.807) is 9.80 Å². The van der Waals surface area contributed by atoms with Crippen LogP contribution in [0.25, 0.3) is 0 Å². The molecule has 3 N–H and O–H groups in total. The van der Waals surface area contributed by atoms with E-state index < -0.39 is 5.54 Å². The number of hydrogen-bond donors (Lipinski definition) is 2. The first-order valence-corrected chi connectivity index (χ1v) is 8.76. The Labute approximate surface area is 160 Å². The number of ether oxygens (including phenoxy) is 1. The molecule has 0 radical (unpaired) electrons. The summed E-state index contributed by atoms with van der Waals surface area (Å²) < 4.78 is 5.30. The van der Waals surface area contributed by atoms with Crippen molar-refractivity contribution in [2.45, 2.75) is 25.3 Å². The molecule has 3 rings (SSSR count). The van der Waals surface area contributed by atoms with Gasteiger partial charge in [-0.05, 0) is 37.5 Å². The molecule has 2 saturated heterocycles. The lowest BCUT2D eigenvalue weighted by atomic mass is 9.89. The standard InChI is InChI=1S/C18H26N4O3.ClH/c1-14-3-2-4-15(13-14)20-17(24)22-9-7-21(8-10-22)16(23)18(19)5-11-25-12-6-18;/h2-4,13H,5-12,19H2,1H3,(H,20,24);1H. The van der Waals surface area contributed by atoms with Crippen molar-refractivity contribution in [2.75, 3.05) is 44.7 Å². The highest BCUT2D eigenvalue weighted by Crippen LogP contribution is 2.21. The second kappa shape index (κ2) is 8.70. The topological polar surface area (TPSA) is 87.9 Å². The van der Waals surface area contributed by atoms with Gasteiger partial charge in [0, 0.05) is 45.1 Å². The Balaban J connectivity index is 0.00000243. The number of anilines is 1. The molecule has 1 aromatic rings. The van der Waals surface area contributed by atoms with Crippen LogP contribution in [0.5, 0.6) is 0 Å². The summed E-state index contributed by atoms with van der Waals surface area (Å²) >= 11 is 0. The van der Waals surface area contributed by atoms with Crippen molar-refractivity contribution in [1.29, 1.82) is 0 Å². The van der Waals surface area contributed by atoms with E-state index >= 15 is 0 Å². The molecule has 3 amide bonds.